The van der Waals surface area contributed by atoms with Gasteiger partial charge in [-0.25, -0.2) is 13.1 Å². The van der Waals surface area contributed by atoms with Crippen LogP contribution in [0.15, 0.2) is 29.2 Å². The molecule has 4 aliphatic rings. The summed E-state index contributed by atoms with van der Waals surface area (Å²) in [5.74, 6) is 2.87. The summed E-state index contributed by atoms with van der Waals surface area (Å²) < 4.78 is 28.6. The summed E-state index contributed by atoms with van der Waals surface area (Å²) in [6, 6.07) is 7.61. The van der Waals surface area contributed by atoms with Crippen LogP contribution in [0.3, 0.4) is 0 Å². The van der Waals surface area contributed by atoms with E-state index in [2.05, 4.69) is 11.6 Å². The molecular formula is C19H27NO2S. The lowest BCUT2D eigenvalue weighted by Gasteiger charge is -2.54. The zero-order chi connectivity index (χ0) is 16.0. The van der Waals surface area contributed by atoms with Gasteiger partial charge in [0.25, 0.3) is 0 Å². The van der Waals surface area contributed by atoms with Gasteiger partial charge in [0.05, 0.1) is 4.90 Å². The molecule has 0 spiro atoms. The summed E-state index contributed by atoms with van der Waals surface area (Å²) >= 11 is 0. The molecule has 1 aromatic rings. The summed E-state index contributed by atoms with van der Waals surface area (Å²) in [6.45, 7) is 2.14. The number of sulfonamides is 1. The molecule has 5 rings (SSSR count). The van der Waals surface area contributed by atoms with Crippen molar-refractivity contribution < 1.29 is 8.42 Å². The molecule has 4 fully saturated rings. The van der Waals surface area contributed by atoms with E-state index >= 15 is 0 Å². The van der Waals surface area contributed by atoms with Crippen LogP contribution in [0.2, 0.25) is 0 Å². The molecule has 1 N–H and O–H groups in total. The van der Waals surface area contributed by atoms with Crippen LogP contribution >= 0.6 is 0 Å². The first-order valence-electron chi connectivity index (χ1n) is 9.16. The maximum absolute atomic E-state index is 12.8. The van der Waals surface area contributed by atoms with Crippen molar-refractivity contribution in [2.45, 2.75) is 62.8 Å². The minimum absolute atomic E-state index is 0.170. The van der Waals surface area contributed by atoms with Crippen LogP contribution in [-0.2, 0) is 16.4 Å². The van der Waals surface area contributed by atoms with E-state index in [0.717, 1.165) is 24.7 Å². The molecule has 0 amide bonds. The van der Waals surface area contributed by atoms with Crippen LogP contribution in [0, 0.1) is 23.7 Å². The third-order valence-corrected chi connectivity index (χ3v) is 7.77. The van der Waals surface area contributed by atoms with E-state index in [-0.39, 0.29) is 6.04 Å². The van der Waals surface area contributed by atoms with Crippen molar-refractivity contribution in [1.29, 1.82) is 0 Å². The van der Waals surface area contributed by atoms with Gasteiger partial charge < -0.3 is 0 Å². The predicted molar refractivity (Wildman–Crippen MR) is 91.6 cm³/mol. The zero-order valence-corrected chi connectivity index (χ0v) is 14.7. The molecule has 4 heteroatoms. The van der Waals surface area contributed by atoms with Crippen molar-refractivity contribution in [3.63, 3.8) is 0 Å². The normalized spacial score (nSPS) is 35.6. The molecule has 4 aliphatic carbocycles. The highest BCUT2D eigenvalue weighted by molar-refractivity contribution is 7.89. The lowest BCUT2D eigenvalue weighted by atomic mass is 9.54. The van der Waals surface area contributed by atoms with Gasteiger partial charge in [0.15, 0.2) is 0 Å². The van der Waals surface area contributed by atoms with E-state index in [4.69, 9.17) is 0 Å². The Bertz CT molecular complexity index is 637. The Labute approximate surface area is 139 Å². The minimum atomic E-state index is -3.39. The molecule has 0 radical (unpaired) electrons. The Morgan fingerprint density at radius 3 is 2.04 bits per heavy atom. The fourth-order valence-corrected chi connectivity index (χ4v) is 6.86. The Morgan fingerprint density at radius 1 is 0.957 bits per heavy atom. The maximum Gasteiger partial charge on any atom is 0.240 e. The number of hydrogen-bond donors (Lipinski definition) is 1. The Balaban J connectivity index is 1.51. The van der Waals surface area contributed by atoms with Crippen molar-refractivity contribution in [3.8, 4) is 0 Å². The number of nitrogens with one attached hydrogen (secondary N) is 1. The topological polar surface area (TPSA) is 46.2 Å². The highest BCUT2D eigenvalue weighted by Gasteiger charge is 2.49. The molecule has 23 heavy (non-hydrogen) atoms. The second kappa shape index (κ2) is 5.89. The number of benzene rings is 1. The van der Waals surface area contributed by atoms with E-state index in [1.807, 2.05) is 12.1 Å². The molecule has 126 valence electrons. The number of rotatable bonds is 5. The first-order valence-corrected chi connectivity index (χ1v) is 10.6. The van der Waals surface area contributed by atoms with Crippen LogP contribution in [0.4, 0.5) is 0 Å². The van der Waals surface area contributed by atoms with Crippen LogP contribution in [0.1, 0.15) is 51.0 Å². The van der Waals surface area contributed by atoms with E-state index in [1.165, 1.54) is 37.7 Å². The minimum Gasteiger partial charge on any atom is -0.208 e. The molecule has 0 aromatic heterocycles. The molecule has 0 heterocycles. The summed E-state index contributed by atoms with van der Waals surface area (Å²) in [5, 5.41) is 0. The van der Waals surface area contributed by atoms with Gasteiger partial charge in [-0.3, -0.25) is 0 Å². The monoisotopic (exact) mass is 333 g/mol. The fourth-order valence-electron chi connectivity index (χ4n) is 5.49. The standard InChI is InChI=1S/C19H27NO2S/c1-2-3-13-4-6-18(7-5-13)23(21,22)20-19-16-9-14-8-15(11-16)12-17(19)10-14/h4-7,14-17,19-20H,2-3,8-12H2,1H3. The average molecular weight is 333 g/mol. The zero-order valence-electron chi connectivity index (χ0n) is 13.9. The van der Waals surface area contributed by atoms with Crippen molar-refractivity contribution in [3.05, 3.63) is 29.8 Å². The molecule has 0 aliphatic heterocycles. The van der Waals surface area contributed by atoms with Gasteiger partial charge in [0, 0.05) is 6.04 Å². The van der Waals surface area contributed by atoms with E-state index < -0.39 is 10.0 Å². The number of aryl methyl sites for hydroxylation is 1. The van der Waals surface area contributed by atoms with Crippen LogP contribution in [-0.4, -0.2) is 14.5 Å². The molecule has 0 saturated heterocycles. The largest absolute Gasteiger partial charge is 0.240 e. The molecule has 1 aromatic carbocycles. The summed E-state index contributed by atoms with van der Waals surface area (Å²) in [4.78, 5) is 0.422. The lowest BCUT2D eigenvalue weighted by Crippen LogP contribution is -2.55. The average Bonchev–Trinajstić information content (AvgIpc) is 2.51. The van der Waals surface area contributed by atoms with E-state index in [0.29, 0.717) is 16.7 Å². The van der Waals surface area contributed by atoms with Crippen molar-refractivity contribution in [1.82, 2.24) is 4.72 Å². The third-order valence-electron chi connectivity index (χ3n) is 6.29. The third kappa shape index (κ3) is 2.96. The molecule has 0 atom stereocenters. The van der Waals surface area contributed by atoms with Crippen LogP contribution in [0.5, 0.6) is 0 Å². The summed E-state index contributed by atoms with van der Waals surface area (Å²) in [5.41, 5.74) is 1.21. The van der Waals surface area contributed by atoms with Gasteiger partial charge in [0.2, 0.25) is 10.0 Å². The molecule has 4 bridgehead atoms. The molecular weight excluding hydrogens is 306 g/mol. The Kier molecular flexibility index (Phi) is 4.01. The first-order chi connectivity index (χ1) is 11.0. The predicted octanol–water partition coefficient (Wildman–Crippen LogP) is 3.74. The second-order valence-corrected chi connectivity index (χ2v) is 9.69. The van der Waals surface area contributed by atoms with Crippen LogP contribution < -0.4 is 4.72 Å². The summed E-state index contributed by atoms with van der Waals surface area (Å²) in [7, 11) is -3.39. The Hall–Kier alpha value is -0.870. The molecule has 4 saturated carbocycles. The van der Waals surface area contributed by atoms with Gasteiger partial charge in [-0.15, -0.1) is 0 Å². The fraction of sp³-hybridized carbons (Fsp3) is 0.684. The quantitative estimate of drug-likeness (QED) is 0.892. The summed E-state index contributed by atoms with van der Waals surface area (Å²) in [6.07, 6.45) is 8.41. The van der Waals surface area contributed by atoms with E-state index in [9.17, 15) is 8.42 Å². The van der Waals surface area contributed by atoms with Gasteiger partial charge in [-0.05, 0) is 79.9 Å². The van der Waals surface area contributed by atoms with Crippen molar-refractivity contribution in [2.24, 2.45) is 23.7 Å². The van der Waals surface area contributed by atoms with Gasteiger partial charge in [0.1, 0.15) is 0 Å². The maximum atomic E-state index is 12.8. The smallest absolute Gasteiger partial charge is 0.208 e. The molecule has 3 nitrogen and oxygen atoms in total. The number of hydrogen-bond acceptors (Lipinski definition) is 2. The van der Waals surface area contributed by atoms with Crippen molar-refractivity contribution in [2.75, 3.05) is 0 Å². The highest BCUT2D eigenvalue weighted by Crippen LogP contribution is 2.53. The lowest BCUT2D eigenvalue weighted by molar-refractivity contribution is -0.00557. The van der Waals surface area contributed by atoms with Crippen LogP contribution in [0.25, 0.3) is 0 Å². The first kappa shape index (κ1) is 15.6. The van der Waals surface area contributed by atoms with Gasteiger partial charge in [-0.1, -0.05) is 25.5 Å². The van der Waals surface area contributed by atoms with Gasteiger partial charge in [-0.2, -0.15) is 0 Å². The second-order valence-electron chi connectivity index (χ2n) is 7.97. The van der Waals surface area contributed by atoms with E-state index in [1.54, 1.807) is 12.1 Å². The molecule has 0 unspecified atom stereocenters. The van der Waals surface area contributed by atoms with Gasteiger partial charge >= 0.3 is 0 Å². The van der Waals surface area contributed by atoms with Crippen molar-refractivity contribution >= 4 is 10.0 Å². The SMILES string of the molecule is CCCc1ccc(S(=O)(=O)NC2C3CC4CC(C3)CC2C4)cc1. The Morgan fingerprint density at radius 2 is 1.52 bits per heavy atom. The highest BCUT2D eigenvalue weighted by atomic mass is 32.2.